The van der Waals surface area contributed by atoms with Gasteiger partial charge in [-0.15, -0.1) is 0 Å². The second-order valence-electron chi connectivity index (χ2n) is 9.55. The van der Waals surface area contributed by atoms with Gasteiger partial charge in [0.1, 0.15) is 12.6 Å². The smallest absolute Gasteiger partial charge is 0.264 e. The van der Waals surface area contributed by atoms with E-state index < -0.39 is 28.5 Å². The van der Waals surface area contributed by atoms with Gasteiger partial charge in [-0.3, -0.25) is 13.9 Å². The van der Waals surface area contributed by atoms with E-state index in [4.69, 9.17) is 0 Å². The maximum absolute atomic E-state index is 14.0. The Kier molecular flexibility index (Phi) is 10.9. The van der Waals surface area contributed by atoms with Crippen molar-refractivity contribution in [1.29, 1.82) is 0 Å². The fourth-order valence-electron chi connectivity index (χ4n) is 4.11. The first kappa shape index (κ1) is 30.6. The zero-order chi connectivity index (χ0) is 28.6. The number of halogens is 1. The van der Waals surface area contributed by atoms with Crippen molar-refractivity contribution in [2.75, 3.05) is 10.8 Å². The lowest BCUT2D eigenvalue weighted by Gasteiger charge is -2.33. The topological polar surface area (TPSA) is 86.8 Å². The first-order valence-electron chi connectivity index (χ1n) is 13.1. The number of sulfonamides is 1. The van der Waals surface area contributed by atoms with Gasteiger partial charge >= 0.3 is 0 Å². The average molecular weight is 662 g/mol. The Hall–Kier alpha value is -2.92. The summed E-state index contributed by atoms with van der Waals surface area (Å²) in [6.07, 6.45) is 1.14. The summed E-state index contributed by atoms with van der Waals surface area (Å²) in [5.41, 5.74) is 2.31. The molecule has 2 atom stereocenters. The number of aryl methyl sites for hydroxylation is 1. The molecule has 9 heteroatoms. The van der Waals surface area contributed by atoms with Crippen molar-refractivity contribution in [3.05, 3.63) is 93.6 Å². The molecule has 7 nitrogen and oxygen atoms in total. The van der Waals surface area contributed by atoms with Gasteiger partial charge in [0, 0.05) is 16.2 Å². The summed E-state index contributed by atoms with van der Waals surface area (Å²) < 4.78 is 29.7. The Labute approximate surface area is 245 Å². The number of nitrogens with zero attached hydrogens (tertiary/aromatic N) is 2. The van der Waals surface area contributed by atoms with Crippen LogP contribution in [0.15, 0.2) is 83.8 Å². The van der Waals surface area contributed by atoms with Crippen LogP contribution >= 0.6 is 22.6 Å². The first-order valence-corrected chi connectivity index (χ1v) is 15.6. The fraction of sp³-hybridized carbons (Fsp3) is 0.333. The van der Waals surface area contributed by atoms with Gasteiger partial charge in [0.05, 0.1) is 10.6 Å². The number of carbonyl (C=O) groups is 2. The summed E-state index contributed by atoms with van der Waals surface area (Å²) in [4.78, 5) is 28.9. The quantitative estimate of drug-likeness (QED) is 0.259. The second-order valence-corrected chi connectivity index (χ2v) is 12.7. The summed E-state index contributed by atoms with van der Waals surface area (Å²) in [5, 5.41) is 2.99. The van der Waals surface area contributed by atoms with E-state index in [1.807, 2.05) is 52.0 Å². The molecule has 0 heterocycles. The van der Waals surface area contributed by atoms with E-state index in [1.165, 1.54) is 17.0 Å². The van der Waals surface area contributed by atoms with E-state index in [1.54, 1.807) is 42.5 Å². The standard InChI is InChI=1S/C30H36IN3O4S/c1-5-23(4)32-30(36)28(6-2)33(20-24-14-12-22(3)13-15-24)29(35)21-34(26-18-16-25(31)17-19-26)39(37,38)27-10-8-7-9-11-27/h7-19,23,28H,5-6,20-21H2,1-4H3,(H,32,36)/t23-,28-/m0/s1. The number of benzene rings is 3. The normalized spacial score (nSPS) is 12.8. The Morgan fingerprint density at radius 2 is 1.51 bits per heavy atom. The molecule has 0 unspecified atom stereocenters. The fourth-order valence-corrected chi connectivity index (χ4v) is 5.90. The van der Waals surface area contributed by atoms with E-state index in [0.717, 1.165) is 25.4 Å². The summed E-state index contributed by atoms with van der Waals surface area (Å²) >= 11 is 2.15. The maximum Gasteiger partial charge on any atom is 0.264 e. The molecule has 3 aromatic rings. The van der Waals surface area contributed by atoms with E-state index >= 15 is 0 Å². The summed E-state index contributed by atoms with van der Waals surface area (Å²) in [7, 11) is -4.07. The second kappa shape index (κ2) is 13.9. The number of rotatable bonds is 12. The van der Waals surface area contributed by atoms with E-state index in [0.29, 0.717) is 12.1 Å². The molecule has 0 aliphatic carbocycles. The van der Waals surface area contributed by atoms with Crippen molar-refractivity contribution in [3.8, 4) is 0 Å². The molecule has 0 radical (unpaired) electrons. The molecular weight excluding hydrogens is 625 g/mol. The third kappa shape index (κ3) is 8.04. The van der Waals surface area contributed by atoms with Crippen molar-refractivity contribution in [2.45, 2.75) is 64.1 Å². The van der Waals surface area contributed by atoms with Crippen LogP contribution in [0.25, 0.3) is 0 Å². The van der Waals surface area contributed by atoms with Gasteiger partial charge < -0.3 is 10.2 Å². The lowest BCUT2D eigenvalue weighted by molar-refractivity contribution is -0.140. The molecule has 208 valence electrons. The van der Waals surface area contributed by atoms with Gasteiger partial charge in [-0.25, -0.2) is 8.42 Å². The van der Waals surface area contributed by atoms with Crippen LogP contribution in [-0.2, 0) is 26.2 Å². The molecular formula is C30H36IN3O4S. The molecule has 0 spiro atoms. The maximum atomic E-state index is 14.0. The van der Waals surface area contributed by atoms with E-state index in [2.05, 4.69) is 27.9 Å². The van der Waals surface area contributed by atoms with Crippen LogP contribution < -0.4 is 9.62 Å². The Balaban J connectivity index is 2.03. The molecule has 3 rings (SSSR count). The highest BCUT2D eigenvalue weighted by atomic mass is 127. The van der Waals surface area contributed by atoms with Gasteiger partial charge in [-0.05, 0) is 91.2 Å². The van der Waals surface area contributed by atoms with Crippen LogP contribution in [0.3, 0.4) is 0 Å². The zero-order valence-corrected chi connectivity index (χ0v) is 25.8. The number of hydrogen-bond donors (Lipinski definition) is 1. The van der Waals surface area contributed by atoms with Crippen molar-refractivity contribution < 1.29 is 18.0 Å². The minimum absolute atomic E-state index is 0.0513. The molecule has 3 aromatic carbocycles. The monoisotopic (exact) mass is 661 g/mol. The first-order chi connectivity index (χ1) is 18.6. The number of hydrogen-bond acceptors (Lipinski definition) is 4. The molecule has 39 heavy (non-hydrogen) atoms. The molecule has 0 saturated heterocycles. The highest BCUT2D eigenvalue weighted by Gasteiger charge is 2.33. The van der Waals surface area contributed by atoms with Gasteiger partial charge in [0.15, 0.2) is 0 Å². The number of anilines is 1. The Morgan fingerprint density at radius 3 is 2.08 bits per heavy atom. The van der Waals surface area contributed by atoms with Gasteiger partial charge in [-0.2, -0.15) is 0 Å². The predicted molar refractivity (Wildman–Crippen MR) is 164 cm³/mol. The van der Waals surface area contributed by atoms with Crippen LogP contribution in [-0.4, -0.2) is 43.8 Å². The molecule has 0 fully saturated rings. The molecule has 0 aliphatic rings. The van der Waals surface area contributed by atoms with Crippen molar-refractivity contribution >= 4 is 50.1 Å². The molecule has 0 saturated carbocycles. The molecule has 2 amide bonds. The van der Waals surface area contributed by atoms with Crippen molar-refractivity contribution in [3.63, 3.8) is 0 Å². The Bertz CT molecular complexity index is 1350. The van der Waals surface area contributed by atoms with Crippen LogP contribution in [0, 0.1) is 10.5 Å². The third-order valence-corrected chi connectivity index (χ3v) is 9.09. The zero-order valence-electron chi connectivity index (χ0n) is 22.8. The summed E-state index contributed by atoms with van der Waals surface area (Å²) in [5.74, 6) is -0.709. The molecule has 0 aliphatic heterocycles. The van der Waals surface area contributed by atoms with Crippen molar-refractivity contribution in [2.24, 2.45) is 0 Å². The SMILES string of the molecule is CC[C@H](C)NC(=O)[C@H](CC)N(Cc1ccc(C)cc1)C(=O)CN(c1ccc(I)cc1)S(=O)(=O)c1ccccc1. The summed E-state index contributed by atoms with van der Waals surface area (Å²) in [6, 6.07) is 22.0. The lowest BCUT2D eigenvalue weighted by Crippen LogP contribution is -2.53. The highest BCUT2D eigenvalue weighted by Crippen LogP contribution is 2.25. The highest BCUT2D eigenvalue weighted by molar-refractivity contribution is 14.1. The largest absolute Gasteiger partial charge is 0.352 e. The summed E-state index contributed by atoms with van der Waals surface area (Å²) in [6.45, 7) is 7.47. The van der Waals surface area contributed by atoms with E-state index in [-0.39, 0.29) is 23.4 Å². The van der Waals surface area contributed by atoms with Gasteiger partial charge in [-0.1, -0.05) is 61.9 Å². The lowest BCUT2D eigenvalue weighted by atomic mass is 10.1. The van der Waals surface area contributed by atoms with Gasteiger partial charge in [0.2, 0.25) is 11.8 Å². The van der Waals surface area contributed by atoms with E-state index in [9.17, 15) is 18.0 Å². The molecule has 0 bridgehead atoms. The average Bonchev–Trinajstić information content (AvgIpc) is 2.93. The van der Waals surface area contributed by atoms with Crippen LogP contribution in [0.4, 0.5) is 5.69 Å². The molecule has 1 N–H and O–H groups in total. The van der Waals surface area contributed by atoms with Crippen LogP contribution in [0.2, 0.25) is 0 Å². The van der Waals surface area contributed by atoms with Gasteiger partial charge in [0.25, 0.3) is 10.0 Å². The molecule has 0 aromatic heterocycles. The number of amides is 2. The minimum Gasteiger partial charge on any atom is -0.352 e. The van der Waals surface area contributed by atoms with Crippen molar-refractivity contribution in [1.82, 2.24) is 10.2 Å². The minimum atomic E-state index is -4.07. The number of nitrogens with one attached hydrogen (secondary N) is 1. The number of carbonyl (C=O) groups excluding carboxylic acids is 2. The Morgan fingerprint density at radius 1 is 0.897 bits per heavy atom. The van der Waals surface area contributed by atoms with Crippen LogP contribution in [0.1, 0.15) is 44.7 Å². The predicted octanol–water partition coefficient (Wildman–Crippen LogP) is 5.52. The van der Waals surface area contributed by atoms with Crippen LogP contribution in [0.5, 0.6) is 0 Å². The third-order valence-electron chi connectivity index (χ3n) is 6.59.